The average molecular weight is 284 g/mol. The summed E-state index contributed by atoms with van der Waals surface area (Å²) in [6, 6.07) is 0.334. The zero-order chi connectivity index (χ0) is 15.4. The number of amides is 2. The largest absolute Gasteiger partial charge is 0.381 e. The molecule has 0 atom stereocenters. The van der Waals surface area contributed by atoms with Gasteiger partial charge in [-0.2, -0.15) is 0 Å². The van der Waals surface area contributed by atoms with Crippen molar-refractivity contribution in [3.05, 3.63) is 0 Å². The third-order valence-corrected chi connectivity index (χ3v) is 3.17. The highest BCUT2D eigenvalue weighted by molar-refractivity contribution is 5.74. The molecule has 1 heterocycles. The Kier molecular flexibility index (Phi) is 5.87. The van der Waals surface area contributed by atoms with Crippen LogP contribution in [0.5, 0.6) is 0 Å². The Morgan fingerprint density at radius 3 is 1.90 bits per heavy atom. The topological polar surface area (TPSA) is 41.6 Å². The van der Waals surface area contributed by atoms with E-state index in [-0.39, 0.29) is 22.9 Å². The molecule has 1 aliphatic heterocycles. The molecule has 1 rings (SSSR count). The van der Waals surface area contributed by atoms with Gasteiger partial charge in [-0.05, 0) is 23.7 Å². The zero-order valence-electron chi connectivity index (χ0n) is 14.1. The van der Waals surface area contributed by atoms with Crippen molar-refractivity contribution in [2.24, 2.45) is 10.8 Å². The predicted molar refractivity (Wildman–Crippen MR) is 82.9 cm³/mol. The fourth-order valence-corrected chi connectivity index (χ4v) is 2.45. The van der Waals surface area contributed by atoms with Gasteiger partial charge in [0.25, 0.3) is 0 Å². The van der Waals surface area contributed by atoms with E-state index in [1.165, 1.54) is 0 Å². The van der Waals surface area contributed by atoms with Crippen molar-refractivity contribution in [1.82, 2.24) is 10.2 Å². The Bertz CT molecular complexity index is 293. The number of hydrogen-bond acceptors (Lipinski definition) is 2. The maximum Gasteiger partial charge on any atom is 0.317 e. The molecule has 0 aromatic heterocycles. The van der Waals surface area contributed by atoms with Gasteiger partial charge in [-0.25, -0.2) is 4.79 Å². The molecule has 0 radical (unpaired) electrons. The van der Waals surface area contributed by atoms with E-state index in [4.69, 9.17) is 4.74 Å². The van der Waals surface area contributed by atoms with Crippen LogP contribution in [0, 0.1) is 10.8 Å². The zero-order valence-corrected chi connectivity index (χ0v) is 14.1. The van der Waals surface area contributed by atoms with Crippen LogP contribution in [0.25, 0.3) is 0 Å². The van der Waals surface area contributed by atoms with Crippen molar-refractivity contribution in [3.8, 4) is 0 Å². The summed E-state index contributed by atoms with van der Waals surface area (Å²) in [5.41, 5.74) is 0.219. The van der Waals surface area contributed by atoms with Gasteiger partial charge in [0.2, 0.25) is 0 Å². The fraction of sp³-hybridized carbons (Fsp3) is 0.938. The van der Waals surface area contributed by atoms with E-state index in [0.717, 1.165) is 39.1 Å². The summed E-state index contributed by atoms with van der Waals surface area (Å²) in [7, 11) is 0. The summed E-state index contributed by atoms with van der Waals surface area (Å²) < 4.78 is 5.34. The third-order valence-electron chi connectivity index (χ3n) is 3.17. The molecule has 0 aromatic carbocycles. The van der Waals surface area contributed by atoms with Gasteiger partial charge >= 0.3 is 6.03 Å². The molecule has 0 spiro atoms. The van der Waals surface area contributed by atoms with Gasteiger partial charge in [-0.3, -0.25) is 0 Å². The van der Waals surface area contributed by atoms with Crippen LogP contribution in [0.4, 0.5) is 4.79 Å². The minimum Gasteiger partial charge on any atom is -0.381 e. The molecule has 0 saturated carbocycles. The van der Waals surface area contributed by atoms with Gasteiger partial charge in [0.15, 0.2) is 0 Å². The van der Waals surface area contributed by atoms with E-state index < -0.39 is 0 Å². The summed E-state index contributed by atoms with van der Waals surface area (Å²) in [6.07, 6.45) is 1.84. The smallest absolute Gasteiger partial charge is 0.317 e. The van der Waals surface area contributed by atoms with E-state index in [9.17, 15) is 4.79 Å². The monoisotopic (exact) mass is 284 g/mol. The minimum absolute atomic E-state index is 0.0711. The number of carbonyl (C=O) groups is 1. The van der Waals surface area contributed by atoms with Gasteiger partial charge in [0.05, 0.1) is 0 Å². The van der Waals surface area contributed by atoms with E-state index in [2.05, 4.69) is 46.9 Å². The second-order valence-electron chi connectivity index (χ2n) is 8.31. The van der Waals surface area contributed by atoms with Gasteiger partial charge in [-0.15, -0.1) is 0 Å². The molecule has 118 valence electrons. The molecule has 2 amide bonds. The average Bonchev–Trinajstić information content (AvgIpc) is 2.25. The minimum atomic E-state index is 0.0711. The SMILES string of the molecule is CC(C)(C)CN(CC(C)(C)C)C(=O)NC1CCOCC1. The Labute approximate surface area is 124 Å². The van der Waals surface area contributed by atoms with E-state index >= 15 is 0 Å². The molecule has 1 saturated heterocycles. The summed E-state index contributed by atoms with van der Waals surface area (Å²) in [5.74, 6) is 0. The first-order valence-electron chi connectivity index (χ1n) is 7.70. The Balaban J connectivity index is 2.62. The number of hydrogen-bond donors (Lipinski definition) is 1. The lowest BCUT2D eigenvalue weighted by molar-refractivity contribution is 0.0757. The van der Waals surface area contributed by atoms with Crippen molar-refractivity contribution in [1.29, 1.82) is 0 Å². The molecule has 1 aliphatic rings. The van der Waals surface area contributed by atoms with Crippen LogP contribution in [0.2, 0.25) is 0 Å². The van der Waals surface area contributed by atoms with Crippen LogP contribution in [0.15, 0.2) is 0 Å². The summed E-state index contributed by atoms with van der Waals surface area (Å²) in [6.45, 7) is 16.1. The standard InChI is InChI=1S/C16H32N2O2/c1-15(2,3)11-18(12-16(4,5)6)14(19)17-13-7-9-20-10-8-13/h13H,7-12H2,1-6H3,(H,17,19). The van der Waals surface area contributed by atoms with Crippen molar-refractivity contribution >= 4 is 6.03 Å². The second-order valence-corrected chi connectivity index (χ2v) is 8.31. The lowest BCUT2D eigenvalue weighted by Crippen LogP contribution is -2.51. The second kappa shape index (κ2) is 6.79. The molecule has 20 heavy (non-hydrogen) atoms. The molecular weight excluding hydrogens is 252 g/mol. The van der Waals surface area contributed by atoms with E-state index in [1.54, 1.807) is 0 Å². The van der Waals surface area contributed by atoms with Gasteiger partial charge in [-0.1, -0.05) is 41.5 Å². The number of nitrogens with one attached hydrogen (secondary N) is 1. The van der Waals surface area contributed by atoms with Crippen LogP contribution in [0.3, 0.4) is 0 Å². The lowest BCUT2D eigenvalue weighted by Gasteiger charge is -2.36. The number of nitrogens with zero attached hydrogens (tertiary/aromatic N) is 1. The first kappa shape index (κ1) is 17.3. The normalized spacial score (nSPS) is 17.9. The van der Waals surface area contributed by atoms with E-state index in [1.807, 2.05) is 4.90 Å². The maximum absolute atomic E-state index is 12.5. The highest BCUT2D eigenvalue weighted by Crippen LogP contribution is 2.21. The van der Waals surface area contributed by atoms with Gasteiger partial charge < -0.3 is 15.0 Å². The van der Waals surface area contributed by atoms with Crippen LogP contribution in [-0.4, -0.2) is 43.3 Å². The highest BCUT2D eigenvalue weighted by atomic mass is 16.5. The number of rotatable bonds is 3. The first-order valence-corrected chi connectivity index (χ1v) is 7.70. The quantitative estimate of drug-likeness (QED) is 0.864. The molecule has 1 N–H and O–H groups in total. The van der Waals surface area contributed by atoms with Crippen molar-refractivity contribution in [3.63, 3.8) is 0 Å². The molecular formula is C16H32N2O2. The molecule has 0 aliphatic carbocycles. The van der Waals surface area contributed by atoms with Crippen molar-refractivity contribution in [2.75, 3.05) is 26.3 Å². The summed E-state index contributed by atoms with van der Waals surface area (Å²) in [4.78, 5) is 14.5. The predicted octanol–water partition coefficient (Wildman–Crippen LogP) is 3.27. The van der Waals surface area contributed by atoms with Crippen LogP contribution in [0.1, 0.15) is 54.4 Å². The molecule has 1 fully saturated rings. The lowest BCUT2D eigenvalue weighted by atomic mass is 9.92. The van der Waals surface area contributed by atoms with Gasteiger partial charge in [0, 0.05) is 32.3 Å². The number of ether oxygens (including phenoxy) is 1. The molecule has 0 bridgehead atoms. The first-order chi connectivity index (χ1) is 9.07. The van der Waals surface area contributed by atoms with Crippen LogP contribution < -0.4 is 5.32 Å². The summed E-state index contributed by atoms with van der Waals surface area (Å²) >= 11 is 0. The Hall–Kier alpha value is -0.770. The Morgan fingerprint density at radius 1 is 1.05 bits per heavy atom. The third kappa shape index (κ3) is 7.13. The highest BCUT2D eigenvalue weighted by Gasteiger charge is 2.27. The summed E-state index contributed by atoms with van der Waals surface area (Å²) in [5, 5.41) is 3.17. The van der Waals surface area contributed by atoms with Crippen molar-refractivity contribution < 1.29 is 9.53 Å². The Morgan fingerprint density at radius 2 is 1.50 bits per heavy atom. The van der Waals surface area contributed by atoms with Crippen LogP contribution >= 0.6 is 0 Å². The molecule has 4 nitrogen and oxygen atoms in total. The van der Waals surface area contributed by atoms with Crippen LogP contribution in [-0.2, 0) is 4.74 Å². The fourth-order valence-electron chi connectivity index (χ4n) is 2.45. The number of urea groups is 1. The number of carbonyl (C=O) groups excluding carboxylic acids is 1. The van der Waals surface area contributed by atoms with Crippen molar-refractivity contribution in [2.45, 2.75) is 60.4 Å². The van der Waals surface area contributed by atoms with E-state index in [0.29, 0.717) is 0 Å². The van der Waals surface area contributed by atoms with Gasteiger partial charge in [0.1, 0.15) is 0 Å². The molecule has 0 aromatic rings. The molecule has 4 heteroatoms. The maximum atomic E-state index is 12.5. The molecule has 0 unspecified atom stereocenters.